The first kappa shape index (κ1) is 37.3. The van der Waals surface area contributed by atoms with Gasteiger partial charge in [-0.25, -0.2) is 4.98 Å². The minimum Gasteiger partial charge on any atom is -0.311 e. The van der Waals surface area contributed by atoms with Gasteiger partial charge < -0.3 is 9.80 Å². The quantitative estimate of drug-likeness (QED) is 0.168. The van der Waals surface area contributed by atoms with Crippen molar-refractivity contribution in [3.05, 3.63) is 131 Å². The van der Waals surface area contributed by atoms with Crippen molar-refractivity contribution >= 4 is 68.0 Å². The molecule has 280 valence electrons. The highest BCUT2D eigenvalue weighted by molar-refractivity contribution is 7.22. The summed E-state index contributed by atoms with van der Waals surface area (Å²) in [6, 6.07) is 39.6. The third-order valence-corrected chi connectivity index (χ3v) is 12.7. The summed E-state index contributed by atoms with van der Waals surface area (Å²) < 4.78 is 0. The molecule has 0 saturated carbocycles. The highest BCUT2D eigenvalue weighted by Crippen LogP contribution is 2.48. The number of anilines is 6. The van der Waals surface area contributed by atoms with E-state index in [0.29, 0.717) is 0 Å². The lowest BCUT2D eigenvalue weighted by atomic mass is 9.35. The van der Waals surface area contributed by atoms with Crippen LogP contribution in [0.15, 0.2) is 103 Å². The predicted molar refractivity (Wildman–Crippen MR) is 241 cm³/mol. The lowest BCUT2D eigenvalue weighted by Crippen LogP contribution is -2.61. The van der Waals surface area contributed by atoms with Crippen LogP contribution in [0, 0.1) is 6.92 Å². The Kier molecular flexibility index (Phi) is 8.63. The van der Waals surface area contributed by atoms with Gasteiger partial charge >= 0.3 is 0 Å². The van der Waals surface area contributed by atoms with Crippen molar-refractivity contribution in [1.29, 1.82) is 0 Å². The van der Waals surface area contributed by atoms with Crippen molar-refractivity contribution in [1.82, 2.24) is 4.98 Å². The Hall–Kier alpha value is -4.61. The molecule has 3 heterocycles. The first-order chi connectivity index (χ1) is 25.7. The van der Waals surface area contributed by atoms with Crippen LogP contribution < -0.4 is 26.3 Å². The van der Waals surface area contributed by atoms with Gasteiger partial charge in [-0.3, -0.25) is 0 Å². The lowest BCUT2D eigenvalue weighted by Gasteiger charge is -2.43. The largest absolute Gasteiger partial charge is 0.311 e. The van der Waals surface area contributed by atoms with Crippen LogP contribution in [-0.2, 0) is 21.7 Å². The van der Waals surface area contributed by atoms with Crippen molar-refractivity contribution in [2.45, 2.75) is 112 Å². The van der Waals surface area contributed by atoms with Gasteiger partial charge in [0.25, 0.3) is 6.71 Å². The summed E-state index contributed by atoms with van der Waals surface area (Å²) in [5.41, 5.74) is 17.7. The van der Waals surface area contributed by atoms with E-state index in [1.165, 1.54) is 66.5 Å². The maximum Gasteiger partial charge on any atom is 0.276 e. The van der Waals surface area contributed by atoms with E-state index in [2.05, 4.69) is 203 Å². The third kappa shape index (κ3) is 6.53. The van der Waals surface area contributed by atoms with E-state index in [-0.39, 0.29) is 28.4 Å². The molecule has 0 radical (unpaired) electrons. The molecule has 8 rings (SSSR count). The zero-order valence-corrected chi connectivity index (χ0v) is 36.0. The average Bonchev–Trinajstić information content (AvgIpc) is 3.55. The van der Waals surface area contributed by atoms with Gasteiger partial charge in [-0.05, 0) is 110 Å². The molecular weight excluding hydrogens is 685 g/mol. The zero-order chi connectivity index (χ0) is 39.4. The van der Waals surface area contributed by atoms with Gasteiger partial charge in [-0.2, -0.15) is 0 Å². The summed E-state index contributed by atoms with van der Waals surface area (Å²) in [7, 11) is 0. The standard InChI is InChI=1S/C50H56BN3S/c1-31-28-41-43-42(29-31)54(38-25-20-35(21-26-38)49(8,9)10)46-44(52-45(55-46)32-14-16-33(17-15-32)47(2,3)4)51(43)39-30-36(50(11,12)13)22-27-40(39)53(41)37-23-18-34(19-24-37)48(5,6)7/h14-30H,1-13H3. The number of hydrogen-bond acceptors (Lipinski definition) is 4. The predicted octanol–water partition coefficient (Wildman–Crippen LogP) is 12.4. The second kappa shape index (κ2) is 12.7. The molecule has 0 unspecified atom stereocenters. The van der Waals surface area contributed by atoms with Gasteiger partial charge in [-0.1, -0.05) is 155 Å². The number of hydrogen-bond donors (Lipinski definition) is 0. The normalized spacial score (nSPS) is 14.2. The molecular formula is C50H56BN3S. The molecule has 2 aliphatic rings. The molecule has 3 nitrogen and oxygen atoms in total. The smallest absolute Gasteiger partial charge is 0.276 e. The first-order valence-electron chi connectivity index (χ1n) is 19.9. The molecule has 0 saturated heterocycles. The monoisotopic (exact) mass is 741 g/mol. The molecule has 0 aliphatic carbocycles. The molecule has 1 aromatic heterocycles. The molecule has 0 fully saturated rings. The van der Waals surface area contributed by atoms with Crippen LogP contribution in [0.4, 0.5) is 33.4 Å². The van der Waals surface area contributed by atoms with Gasteiger partial charge in [0.1, 0.15) is 10.0 Å². The molecule has 0 amide bonds. The summed E-state index contributed by atoms with van der Waals surface area (Å²) >= 11 is 1.82. The van der Waals surface area contributed by atoms with Crippen LogP contribution in [-0.4, -0.2) is 11.7 Å². The van der Waals surface area contributed by atoms with Crippen LogP contribution in [0.5, 0.6) is 0 Å². The van der Waals surface area contributed by atoms with E-state index in [1.54, 1.807) is 0 Å². The SMILES string of the molecule is Cc1cc2c3c(c1)N(c1ccc(C(C)(C)C)cc1)c1sc(-c4ccc(C(C)(C)C)cc4)nc1B3c1cc(C(C)(C)C)ccc1N2c1ccc(C(C)(C)C)cc1. The Morgan fingerprint density at radius 2 is 0.927 bits per heavy atom. The maximum absolute atomic E-state index is 5.68. The van der Waals surface area contributed by atoms with E-state index in [9.17, 15) is 0 Å². The number of fused-ring (bicyclic) bond motifs is 4. The molecule has 2 aliphatic heterocycles. The fraction of sp³-hybridized carbons (Fsp3) is 0.340. The van der Waals surface area contributed by atoms with E-state index >= 15 is 0 Å². The van der Waals surface area contributed by atoms with Crippen LogP contribution >= 0.6 is 11.3 Å². The molecule has 55 heavy (non-hydrogen) atoms. The molecule has 5 heteroatoms. The van der Waals surface area contributed by atoms with E-state index in [0.717, 1.165) is 21.9 Å². The topological polar surface area (TPSA) is 19.4 Å². The fourth-order valence-corrected chi connectivity index (χ4v) is 9.37. The first-order valence-corrected chi connectivity index (χ1v) is 20.7. The van der Waals surface area contributed by atoms with E-state index < -0.39 is 0 Å². The van der Waals surface area contributed by atoms with Gasteiger partial charge in [0.05, 0.1) is 5.59 Å². The molecule has 5 aromatic carbocycles. The average molecular weight is 742 g/mol. The van der Waals surface area contributed by atoms with Gasteiger partial charge in [0.2, 0.25) is 0 Å². The minimum atomic E-state index is -0.0213. The number of aryl methyl sites for hydroxylation is 1. The number of nitrogens with zero attached hydrogens (tertiary/aromatic N) is 3. The van der Waals surface area contributed by atoms with Crippen molar-refractivity contribution in [2.24, 2.45) is 0 Å². The Labute approximate surface area is 334 Å². The van der Waals surface area contributed by atoms with Gasteiger partial charge in [0.15, 0.2) is 0 Å². The van der Waals surface area contributed by atoms with E-state index in [1.807, 2.05) is 11.3 Å². The molecule has 0 spiro atoms. The third-order valence-electron chi connectivity index (χ3n) is 11.6. The van der Waals surface area contributed by atoms with Gasteiger partial charge in [0, 0.05) is 34.0 Å². The maximum atomic E-state index is 5.68. The summed E-state index contributed by atoms with van der Waals surface area (Å²) in [5, 5.41) is 2.25. The highest BCUT2D eigenvalue weighted by atomic mass is 32.1. The Bertz CT molecular complexity index is 2410. The van der Waals surface area contributed by atoms with Crippen molar-refractivity contribution in [3.8, 4) is 10.6 Å². The highest BCUT2D eigenvalue weighted by Gasteiger charge is 2.46. The molecule has 0 N–H and O–H groups in total. The minimum absolute atomic E-state index is 0.00896. The van der Waals surface area contributed by atoms with Gasteiger partial charge in [-0.15, -0.1) is 0 Å². The summed E-state index contributed by atoms with van der Waals surface area (Å²) in [5.74, 6) is 0. The number of thiazole rings is 1. The summed E-state index contributed by atoms with van der Waals surface area (Å²) in [6.45, 7) is 29.7. The molecule has 6 aromatic rings. The zero-order valence-electron chi connectivity index (χ0n) is 35.1. The Morgan fingerprint density at radius 3 is 1.42 bits per heavy atom. The van der Waals surface area contributed by atoms with Crippen LogP contribution in [0.1, 0.15) is 111 Å². The van der Waals surface area contributed by atoms with Crippen LogP contribution in [0.3, 0.4) is 0 Å². The lowest BCUT2D eigenvalue weighted by molar-refractivity contribution is 0.590. The molecule has 0 bridgehead atoms. The number of benzene rings is 5. The Morgan fingerprint density at radius 1 is 0.491 bits per heavy atom. The molecule has 0 atom stereocenters. The second-order valence-corrected chi connectivity index (χ2v) is 21.0. The summed E-state index contributed by atoms with van der Waals surface area (Å²) in [6.07, 6.45) is 0. The Balaban J connectivity index is 1.42. The van der Waals surface area contributed by atoms with Crippen LogP contribution in [0.25, 0.3) is 10.6 Å². The van der Waals surface area contributed by atoms with Crippen molar-refractivity contribution in [3.63, 3.8) is 0 Å². The number of aromatic nitrogens is 1. The fourth-order valence-electron chi connectivity index (χ4n) is 8.22. The number of rotatable bonds is 3. The second-order valence-electron chi connectivity index (χ2n) is 20.0. The van der Waals surface area contributed by atoms with Crippen LogP contribution in [0.2, 0.25) is 0 Å². The van der Waals surface area contributed by atoms with Crippen molar-refractivity contribution in [2.75, 3.05) is 9.80 Å². The van der Waals surface area contributed by atoms with Crippen molar-refractivity contribution < 1.29 is 0 Å². The van der Waals surface area contributed by atoms with E-state index in [4.69, 9.17) is 4.98 Å². The summed E-state index contributed by atoms with van der Waals surface area (Å²) in [4.78, 5) is 10.7.